The third-order valence-corrected chi connectivity index (χ3v) is 5.26. The number of nitrogens with one attached hydrogen (secondary N) is 1. The zero-order valence-electron chi connectivity index (χ0n) is 8.81. The Morgan fingerprint density at radius 2 is 2.44 bits per heavy atom. The fourth-order valence-corrected chi connectivity index (χ4v) is 4.48. The topological polar surface area (TPSA) is 47.3 Å². The average Bonchev–Trinajstić information content (AvgIpc) is 2.91. The molecule has 2 aromatic heterocycles. The highest BCUT2D eigenvalue weighted by atomic mass is 32.1. The fraction of sp³-hybridized carbons (Fsp3) is 0.455. The van der Waals surface area contributed by atoms with Crippen LogP contribution in [0.25, 0.3) is 9.40 Å². The summed E-state index contributed by atoms with van der Waals surface area (Å²) in [7, 11) is 0. The third kappa shape index (κ3) is 1.78. The molecule has 3 N–H and O–H groups in total. The smallest absolute Gasteiger partial charge is 0.0604 e. The van der Waals surface area contributed by atoms with Crippen molar-refractivity contribution in [2.75, 3.05) is 13.2 Å². The van der Waals surface area contributed by atoms with Crippen molar-refractivity contribution in [3.05, 3.63) is 22.4 Å². The van der Waals surface area contributed by atoms with Gasteiger partial charge in [0, 0.05) is 26.8 Å². The maximum Gasteiger partial charge on any atom is 0.0604 e. The van der Waals surface area contributed by atoms with Crippen LogP contribution in [0.2, 0.25) is 0 Å². The normalized spacial score (nSPS) is 22.9. The van der Waals surface area contributed by atoms with Crippen LogP contribution in [0.1, 0.15) is 17.3 Å². The van der Waals surface area contributed by atoms with Gasteiger partial charge in [-0.2, -0.15) is 0 Å². The molecule has 1 aliphatic heterocycles. The second kappa shape index (κ2) is 4.43. The van der Waals surface area contributed by atoms with Crippen LogP contribution in [-0.4, -0.2) is 13.2 Å². The van der Waals surface area contributed by atoms with Crippen LogP contribution in [0, 0.1) is 5.92 Å². The minimum absolute atomic E-state index is 0.243. The van der Waals surface area contributed by atoms with Crippen LogP contribution < -0.4 is 11.3 Å². The number of hydrogen-bond acceptors (Lipinski definition) is 5. The SMILES string of the molecule is NNC(c1cc2sccc2s1)C1CCOC1. The van der Waals surface area contributed by atoms with E-state index in [2.05, 4.69) is 22.9 Å². The maximum absolute atomic E-state index is 5.68. The Morgan fingerprint density at radius 3 is 3.12 bits per heavy atom. The van der Waals surface area contributed by atoms with E-state index in [0.29, 0.717) is 5.92 Å². The molecule has 0 aliphatic carbocycles. The molecule has 0 bridgehead atoms. The molecule has 2 atom stereocenters. The molecule has 3 rings (SSSR count). The van der Waals surface area contributed by atoms with E-state index >= 15 is 0 Å². The highest BCUT2D eigenvalue weighted by molar-refractivity contribution is 7.26. The molecule has 1 fully saturated rings. The Hall–Kier alpha value is -0.460. The molecule has 0 amide bonds. The van der Waals surface area contributed by atoms with Gasteiger partial charge in [-0.3, -0.25) is 11.3 Å². The van der Waals surface area contributed by atoms with Crippen molar-refractivity contribution >= 4 is 32.1 Å². The molecule has 2 aromatic rings. The van der Waals surface area contributed by atoms with Crippen molar-refractivity contribution in [1.29, 1.82) is 0 Å². The second-order valence-corrected chi connectivity index (χ2v) is 6.13. The lowest BCUT2D eigenvalue weighted by Crippen LogP contribution is -2.33. The summed E-state index contributed by atoms with van der Waals surface area (Å²) in [5, 5.41) is 2.13. The standard InChI is InChI=1S/C11H14N2OS2/c12-13-11(7-1-3-14-6-7)10-5-9-8(16-10)2-4-15-9/h2,4-5,7,11,13H,1,3,6,12H2. The van der Waals surface area contributed by atoms with Gasteiger partial charge in [0.05, 0.1) is 12.6 Å². The van der Waals surface area contributed by atoms with Gasteiger partial charge in [-0.05, 0) is 23.9 Å². The first kappa shape index (κ1) is 10.7. The van der Waals surface area contributed by atoms with Crippen molar-refractivity contribution in [1.82, 2.24) is 5.43 Å². The summed E-state index contributed by atoms with van der Waals surface area (Å²) in [6, 6.07) is 4.67. The monoisotopic (exact) mass is 254 g/mol. The average molecular weight is 254 g/mol. The van der Waals surface area contributed by atoms with Gasteiger partial charge in [-0.15, -0.1) is 22.7 Å². The van der Waals surface area contributed by atoms with E-state index in [1.165, 1.54) is 14.3 Å². The van der Waals surface area contributed by atoms with Gasteiger partial charge in [-0.1, -0.05) is 0 Å². The number of thiophene rings is 2. The minimum Gasteiger partial charge on any atom is -0.381 e. The highest BCUT2D eigenvalue weighted by Gasteiger charge is 2.27. The van der Waals surface area contributed by atoms with Gasteiger partial charge < -0.3 is 4.74 Å². The molecule has 0 aromatic carbocycles. The van der Waals surface area contributed by atoms with Gasteiger partial charge in [0.15, 0.2) is 0 Å². The number of ether oxygens (including phenoxy) is 1. The fourth-order valence-electron chi connectivity index (χ4n) is 2.20. The molecule has 3 heterocycles. The first-order valence-electron chi connectivity index (χ1n) is 5.39. The van der Waals surface area contributed by atoms with E-state index in [1.54, 1.807) is 11.3 Å². The van der Waals surface area contributed by atoms with E-state index in [0.717, 1.165) is 19.6 Å². The largest absolute Gasteiger partial charge is 0.381 e. The number of hydrogen-bond donors (Lipinski definition) is 2. The van der Waals surface area contributed by atoms with Crippen LogP contribution in [-0.2, 0) is 4.74 Å². The Kier molecular flexibility index (Phi) is 2.95. The van der Waals surface area contributed by atoms with Crippen LogP contribution in [0.3, 0.4) is 0 Å². The van der Waals surface area contributed by atoms with Crippen molar-refractivity contribution < 1.29 is 4.74 Å². The molecule has 1 saturated heterocycles. The van der Waals surface area contributed by atoms with Crippen LogP contribution in [0.15, 0.2) is 17.5 Å². The molecule has 3 nitrogen and oxygen atoms in total. The Balaban J connectivity index is 1.91. The number of fused-ring (bicyclic) bond motifs is 1. The molecule has 1 aliphatic rings. The lowest BCUT2D eigenvalue weighted by molar-refractivity contribution is 0.177. The molecular formula is C11H14N2OS2. The van der Waals surface area contributed by atoms with E-state index < -0.39 is 0 Å². The number of rotatable bonds is 3. The highest BCUT2D eigenvalue weighted by Crippen LogP contribution is 2.37. The molecule has 0 radical (unpaired) electrons. The van der Waals surface area contributed by atoms with Gasteiger partial charge in [0.1, 0.15) is 0 Å². The van der Waals surface area contributed by atoms with Crippen LogP contribution >= 0.6 is 22.7 Å². The van der Waals surface area contributed by atoms with Crippen molar-refractivity contribution in [2.24, 2.45) is 11.8 Å². The molecule has 2 unspecified atom stereocenters. The summed E-state index contributed by atoms with van der Waals surface area (Å²) < 4.78 is 8.15. The van der Waals surface area contributed by atoms with Gasteiger partial charge >= 0.3 is 0 Å². The summed E-state index contributed by atoms with van der Waals surface area (Å²) in [5.74, 6) is 6.19. The van der Waals surface area contributed by atoms with E-state index in [4.69, 9.17) is 10.6 Å². The Labute approximate surface area is 102 Å². The molecule has 0 saturated carbocycles. The zero-order valence-corrected chi connectivity index (χ0v) is 10.4. The molecule has 5 heteroatoms. The zero-order chi connectivity index (χ0) is 11.0. The van der Waals surface area contributed by atoms with Gasteiger partial charge in [0.2, 0.25) is 0 Å². The van der Waals surface area contributed by atoms with E-state index in [-0.39, 0.29) is 6.04 Å². The number of hydrazine groups is 1. The Bertz CT molecular complexity index is 444. The molecule has 0 spiro atoms. The van der Waals surface area contributed by atoms with Gasteiger partial charge in [0.25, 0.3) is 0 Å². The maximum atomic E-state index is 5.68. The summed E-state index contributed by atoms with van der Waals surface area (Å²) in [6.45, 7) is 1.68. The summed E-state index contributed by atoms with van der Waals surface area (Å²) in [4.78, 5) is 1.33. The van der Waals surface area contributed by atoms with E-state index in [9.17, 15) is 0 Å². The first-order valence-corrected chi connectivity index (χ1v) is 7.09. The minimum atomic E-state index is 0.243. The van der Waals surface area contributed by atoms with Crippen molar-refractivity contribution in [3.8, 4) is 0 Å². The molecular weight excluding hydrogens is 240 g/mol. The summed E-state index contributed by atoms with van der Waals surface area (Å²) >= 11 is 3.62. The second-order valence-electron chi connectivity index (χ2n) is 4.07. The Morgan fingerprint density at radius 1 is 1.50 bits per heavy atom. The lowest BCUT2D eigenvalue weighted by Gasteiger charge is -2.19. The lowest BCUT2D eigenvalue weighted by atomic mass is 9.98. The molecule has 86 valence electrons. The predicted molar refractivity (Wildman–Crippen MR) is 68.7 cm³/mol. The predicted octanol–water partition coefficient (Wildman–Crippen LogP) is 2.50. The van der Waals surface area contributed by atoms with Crippen molar-refractivity contribution in [3.63, 3.8) is 0 Å². The molecule has 16 heavy (non-hydrogen) atoms. The summed E-state index contributed by atoms with van der Waals surface area (Å²) in [6.07, 6.45) is 1.10. The van der Waals surface area contributed by atoms with Crippen LogP contribution in [0.5, 0.6) is 0 Å². The van der Waals surface area contributed by atoms with Crippen molar-refractivity contribution in [2.45, 2.75) is 12.5 Å². The van der Waals surface area contributed by atoms with E-state index in [1.807, 2.05) is 11.3 Å². The first-order chi connectivity index (χ1) is 7.88. The quantitative estimate of drug-likeness (QED) is 0.653. The third-order valence-electron chi connectivity index (χ3n) is 3.08. The van der Waals surface area contributed by atoms with Gasteiger partial charge in [-0.25, -0.2) is 0 Å². The number of nitrogens with two attached hydrogens (primary N) is 1. The summed E-state index contributed by atoms with van der Waals surface area (Å²) in [5.41, 5.74) is 2.95. The van der Waals surface area contributed by atoms with Crippen LogP contribution in [0.4, 0.5) is 0 Å².